The van der Waals surface area contributed by atoms with Crippen LogP contribution in [-0.4, -0.2) is 17.0 Å². The van der Waals surface area contributed by atoms with Crippen LogP contribution in [0.1, 0.15) is 93.4 Å². The third-order valence-corrected chi connectivity index (χ3v) is 3.69. The summed E-state index contributed by atoms with van der Waals surface area (Å²) in [7, 11) is 0. The van der Waals surface area contributed by atoms with Gasteiger partial charge in [0.2, 0.25) is 5.79 Å². The first kappa shape index (κ1) is 19.9. The van der Waals surface area contributed by atoms with Crippen LogP contribution in [0.5, 0.6) is 0 Å². The van der Waals surface area contributed by atoms with Gasteiger partial charge in [0.05, 0.1) is 11.2 Å². The molecule has 0 aromatic rings. The summed E-state index contributed by atoms with van der Waals surface area (Å²) in [5, 5.41) is 0. The fraction of sp³-hybridized carbons (Fsp3) is 1.00. The van der Waals surface area contributed by atoms with Gasteiger partial charge in [0.25, 0.3) is 0 Å². The average Bonchev–Trinajstić information content (AvgIpc) is 2.41. The van der Waals surface area contributed by atoms with Gasteiger partial charge in [-0.1, -0.05) is 32.6 Å². The molecule has 0 atom stereocenters. The van der Waals surface area contributed by atoms with E-state index in [-0.39, 0.29) is 11.2 Å². The smallest absolute Gasteiger partial charge is 0.228 e. The molecule has 0 N–H and O–H groups in total. The van der Waals surface area contributed by atoms with E-state index in [1.165, 1.54) is 19.3 Å². The second-order valence-corrected chi connectivity index (χ2v) is 8.45. The number of hydrogen-bond donors (Lipinski definition) is 0. The van der Waals surface area contributed by atoms with Gasteiger partial charge in [0, 0.05) is 12.3 Å². The van der Waals surface area contributed by atoms with Gasteiger partial charge in [0.15, 0.2) is 0 Å². The lowest BCUT2D eigenvalue weighted by Gasteiger charge is -2.41. The fourth-order valence-corrected chi connectivity index (χ4v) is 2.72. The van der Waals surface area contributed by atoms with E-state index in [1.807, 2.05) is 41.5 Å². The quantitative estimate of drug-likeness (QED) is 0.350. The molecule has 132 valence electrons. The van der Waals surface area contributed by atoms with E-state index in [1.54, 1.807) is 0 Å². The number of rotatable bonds is 7. The minimum atomic E-state index is -0.810. The van der Waals surface area contributed by atoms with Crippen molar-refractivity contribution in [1.82, 2.24) is 0 Å². The largest absolute Gasteiger partial charge is 0.236 e. The summed E-state index contributed by atoms with van der Waals surface area (Å²) >= 11 is 0. The van der Waals surface area contributed by atoms with E-state index in [4.69, 9.17) is 19.6 Å². The Balaban J connectivity index is 2.90. The van der Waals surface area contributed by atoms with Gasteiger partial charge < -0.3 is 0 Å². The zero-order chi connectivity index (χ0) is 16.9. The lowest BCUT2D eigenvalue weighted by Crippen LogP contribution is -2.47. The van der Waals surface area contributed by atoms with Crippen LogP contribution in [0.3, 0.4) is 0 Å². The average molecular weight is 316 g/mol. The van der Waals surface area contributed by atoms with Crippen molar-refractivity contribution in [2.75, 3.05) is 0 Å². The molecular formula is C18H36O4. The molecule has 0 amide bonds. The van der Waals surface area contributed by atoms with Gasteiger partial charge in [-0.15, -0.1) is 0 Å². The van der Waals surface area contributed by atoms with Crippen molar-refractivity contribution in [2.24, 2.45) is 5.92 Å². The van der Waals surface area contributed by atoms with Crippen LogP contribution >= 0.6 is 0 Å². The lowest BCUT2D eigenvalue weighted by molar-refractivity contribution is -0.554. The Bertz CT molecular complexity index is 290. The third-order valence-electron chi connectivity index (χ3n) is 3.69. The van der Waals surface area contributed by atoms with Gasteiger partial charge >= 0.3 is 0 Å². The highest BCUT2D eigenvalue weighted by atomic mass is 17.3. The highest BCUT2D eigenvalue weighted by molar-refractivity contribution is 4.81. The van der Waals surface area contributed by atoms with Crippen molar-refractivity contribution in [3.05, 3.63) is 0 Å². The van der Waals surface area contributed by atoms with E-state index in [0.29, 0.717) is 5.92 Å². The molecule has 0 spiro atoms. The van der Waals surface area contributed by atoms with Crippen LogP contribution in [0, 0.1) is 5.92 Å². The van der Waals surface area contributed by atoms with Crippen molar-refractivity contribution >= 4 is 0 Å². The standard InChI is InChI=1S/C18H36O4/c1-8-14-18(21-19-16(2,3)4,22-20-17(5,6)7)15-12-10-9-11-13-15/h15H,8-14H2,1-7H3. The van der Waals surface area contributed by atoms with Crippen molar-refractivity contribution in [2.45, 2.75) is 110 Å². The zero-order valence-electron chi connectivity index (χ0n) is 15.7. The normalized spacial score (nSPS) is 18.7. The highest BCUT2D eigenvalue weighted by Gasteiger charge is 2.45. The maximum absolute atomic E-state index is 5.92. The molecule has 1 fully saturated rings. The van der Waals surface area contributed by atoms with E-state index < -0.39 is 5.79 Å². The van der Waals surface area contributed by atoms with Gasteiger partial charge in [0.1, 0.15) is 0 Å². The second kappa shape index (κ2) is 8.09. The molecule has 4 nitrogen and oxygen atoms in total. The monoisotopic (exact) mass is 316 g/mol. The molecule has 1 rings (SSSR count). The summed E-state index contributed by atoms with van der Waals surface area (Å²) in [6.07, 6.45) is 7.64. The molecule has 0 radical (unpaired) electrons. The Labute approximate surface area is 136 Å². The van der Waals surface area contributed by atoms with Crippen LogP contribution < -0.4 is 0 Å². The van der Waals surface area contributed by atoms with Crippen molar-refractivity contribution in [3.63, 3.8) is 0 Å². The molecule has 22 heavy (non-hydrogen) atoms. The molecule has 0 aromatic carbocycles. The molecule has 4 heteroatoms. The van der Waals surface area contributed by atoms with E-state index >= 15 is 0 Å². The Morgan fingerprint density at radius 3 is 1.55 bits per heavy atom. The molecule has 0 heterocycles. The predicted octanol–water partition coefficient (Wildman–Crippen LogP) is 5.56. The first-order valence-electron chi connectivity index (χ1n) is 8.82. The maximum atomic E-state index is 5.92. The van der Waals surface area contributed by atoms with E-state index in [9.17, 15) is 0 Å². The second-order valence-electron chi connectivity index (χ2n) is 8.45. The summed E-state index contributed by atoms with van der Waals surface area (Å²) in [5.74, 6) is -0.499. The van der Waals surface area contributed by atoms with E-state index in [2.05, 4.69) is 6.92 Å². The molecule has 0 aliphatic heterocycles. The van der Waals surface area contributed by atoms with Crippen molar-refractivity contribution in [3.8, 4) is 0 Å². The van der Waals surface area contributed by atoms with Crippen molar-refractivity contribution < 1.29 is 19.6 Å². The minimum absolute atomic E-state index is 0.311. The molecule has 0 unspecified atom stereocenters. The molecule has 0 bridgehead atoms. The number of hydrogen-bond acceptors (Lipinski definition) is 4. The van der Waals surface area contributed by atoms with Crippen LogP contribution in [-0.2, 0) is 19.6 Å². The topological polar surface area (TPSA) is 36.9 Å². The third kappa shape index (κ3) is 6.95. The summed E-state index contributed by atoms with van der Waals surface area (Å²) in [5.41, 5.74) is -0.752. The van der Waals surface area contributed by atoms with Gasteiger partial charge in [-0.05, 0) is 54.4 Å². The van der Waals surface area contributed by atoms with Crippen molar-refractivity contribution in [1.29, 1.82) is 0 Å². The minimum Gasteiger partial charge on any atom is -0.228 e. The summed E-state index contributed by atoms with van der Waals surface area (Å²) in [4.78, 5) is 23.2. The van der Waals surface area contributed by atoms with Gasteiger partial charge in [-0.3, -0.25) is 0 Å². The Morgan fingerprint density at radius 1 is 0.727 bits per heavy atom. The van der Waals surface area contributed by atoms with Gasteiger partial charge in [-0.25, -0.2) is 9.78 Å². The van der Waals surface area contributed by atoms with Crippen LogP contribution in [0.2, 0.25) is 0 Å². The molecule has 1 aliphatic carbocycles. The first-order valence-corrected chi connectivity index (χ1v) is 8.82. The van der Waals surface area contributed by atoms with Crippen LogP contribution in [0.25, 0.3) is 0 Å². The molecule has 1 saturated carbocycles. The van der Waals surface area contributed by atoms with Crippen LogP contribution in [0.4, 0.5) is 0 Å². The summed E-state index contributed by atoms with van der Waals surface area (Å²) in [6, 6.07) is 0. The zero-order valence-corrected chi connectivity index (χ0v) is 15.7. The summed E-state index contributed by atoms with van der Waals surface area (Å²) in [6.45, 7) is 14.0. The Kier molecular flexibility index (Phi) is 7.31. The first-order chi connectivity index (χ1) is 10.1. The van der Waals surface area contributed by atoms with Crippen LogP contribution in [0.15, 0.2) is 0 Å². The molecular weight excluding hydrogens is 280 g/mol. The lowest BCUT2D eigenvalue weighted by atomic mass is 9.81. The molecule has 0 saturated heterocycles. The Morgan fingerprint density at radius 2 is 1.18 bits per heavy atom. The van der Waals surface area contributed by atoms with E-state index in [0.717, 1.165) is 25.7 Å². The highest BCUT2D eigenvalue weighted by Crippen LogP contribution is 2.40. The maximum Gasteiger partial charge on any atom is 0.236 e. The molecule has 0 aromatic heterocycles. The predicted molar refractivity (Wildman–Crippen MR) is 88.1 cm³/mol. The Hall–Kier alpha value is -0.160. The summed E-state index contributed by atoms with van der Waals surface area (Å²) < 4.78 is 0. The molecule has 1 aliphatic rings. The fourth-order valence-electron chi connectivity index (χ4n) is 2.72. The SMILES string of the molecule is CCCC(OOC(C)(C)C)(OOC(C)(C)C)C1CCCCC1. The van der Waals surface area contributed by atoms with Gasteiger partial charge in [-0.2, -0.15) is 9.78 Å².